The number of amides is 1. The molecule has 3 heterocycles. The van der Waals surface area contributed by atoms with Crippen LogP contribution < -0.4 is 0 Å². The number of hydrogen-bond donors (Lipinski definition) is 1. The van der Waals surface area contributed by atoms with E-state index in [1.165, 1.54) is 0 Å². The maximum absolute atomic E-state index is 12.4. The molecule has 0 aromatic carbocycles. The number of aryl methyl sites for hydroxylation is 2. The molecule has 1 saturated heterocycles. The van der Waals surface area contributed by atoms with Gasteiger partial charge in [-0.05, 0) is 13.8 Å². The molecule has 2 atom stereocenters. The molecule has 1 aliphatic heterocycles. The summed E-state index contributed by atoms with van der Waals surface area (Å²) in [5.41, 5.74) is 1.38. The molecule has 2 aromatic rings. The van der Waals surface area contributed by atoms with Crippen molar-refractivity contribution in [2.24, 2.45) is 5.92 Å². The van der Waals surface area contributed by atoms with Gasteiger partial charge in [0.2, 0.25) is 0 Å². The summed E-state index contributed by atoms with van der Waals surface area (Å²) in [6.45, 7) is 5.41. The van der Waals surface area contributed by atoms with Crippen molar-refractivity contribution in [3.63, 3.8) is 0 Å². The minimum absolute atomic E-state index is 0.0301. The van der Waals surface area contributed by atoms with Gasteiger partial charge >= 0.3 is 0 Å². The monoisotopic (exact) mass is 304 g/mol. The van der Waals surface area contributed by atoms with E-state index in [9.17, 15) is 9.90 Å². The molecule has 1 aliphatic rings. The largest absolute Gasteiger partial charge is 0.391 e. The molecule has 1 amide bonds. The van der Waals surface area contributed by atoms with Crippen LogP contribution in [0, 0.1) is 12.8 Å². The van der Waals surface area contributed by atoms with Crippen molar-refractivity contribution >= 4 is 5.91 Å². The fourth-order valence-electron chi connectivity index (χ4n) is 2.82. The van der Waals surface area contributed by atoms with E-state index in [0.29, 0.717) is 25.1 Å². The summed E-state index contributed by atoms with van der Waals surface area (Å²) in [5, 5.41) is 18.2. The fourth-order valence-corrected chi connectivity index (χ4v) is 2.82. The predicted octanol–water partition coefficient (Wildman–Crippen LogP) is 0.875. The van der Waals surface area contributed by atoms with Gasteiger partial charge in [-0.25, -0.2) is 0 Å². The van der Waals surface area contributed by atoms with Crippen LogP contribution in [0.1, 0.15) is 28.7 Å². The van der Waals surface area contributed by atoms with E-state index in [1.54, 1.807) is 22.0 Å². The van der Waals surface area contributed by atoms with Gasteiger partial charge in [-0.15, -0.1) is 0 Å². The van der Waals surface area contributed by atoms with E-state index in [0.717, 1.165) is 18.0 Å². The van der Waals surface area contributed by atoms with Crippen LogP contribution in [0.5, 0.6) is 0 Å². The van der Waals surface area contributed by atoms with Gasteiger partial charge in [0, 0.05) is 44.2 Å². The summed E-state index contributed by atoms with van der Waals surface area (Å²) >= 11 is 0. The van der Waals surface area contributed by atoms with Crippen LogP contribution in [0.4, 0.5) is 0 Å². The summed E-state index contributed by atoms with van der Waals surface area (Å²) in [4.78, 5) is 14.1. The van der Waals surface area contributed by atoms with Gasteiger partial charge in [-0.3, -0.25) is 9.48 Å². The van der Waals surface area contributed by atoms with Gasteiger partial charge in [-0.2, -0.15) is 5.10 Å². The van der Waals surface area contributed by atoms with Gasteiger partial charge in [0.25, 0.3) is 5.91 Å². The summed E-state index contributed by atoms with van der Waals surface area (Å²) in [7, 11) is 0. The highest BCUT2D eigenvalue weighted by Crippen LogP contribution is 2.23. The van der Waals surface area contributed by atoms with Crippen LogP contribution in [0.3, 0.4) is 0 Å². The number of rotatable bonds is 4. The van der Waals surface area contributed by atoms with E-state index in [4.69, 9.17) is 4.52 Å². The van der Waals surface area contributed by atoms with E-state index in [2.05, 4.69) is 10.3 Å². The van der Waals surface area contributed by atoms with Crippen molar-refractivity contribution in [2.45, 2.75) is 32.9 Å². The zero-order valence-electron chi connectivity index (χ0n) is 12.8. The maximum Gasteiger partial charge on any atom is 0.257 e. The zero-order chi connectivity index (χ0) is 15.7. The fraction of sp³-hybridized carbons (Fsp3) is 0.533. The molecule has 0 bridgehead atoms. The number of aliphatic hydroxyl groups is 1. The minimum Gasteiger partial charge on any atom is -0.391 e. The highest BCUT2D eigenvalue weighted by Gasteiger charge is 2.35. The lowest BCUT2D eigenvalue weighted by molar-refractivity contribution is 0.0764. The molecule has 0 radical (unpaired) electrons. The number of likely N-dealkylation sites (tertiary alicyclic amines) is 1. The lowest BCUT2D eigenvalue weighted by Gasteiger charge is -2.14. The second kappa shape index (κ2) is 5.92. The normalized spacial score (nSPS) is 21.5. The third kappa shape index (κ3) is 2.89. The summed E-state index contributed by atoms with van der Waals surface area (Å²) < 4.78 is 6.91. The molecule has 0 saturated carbocycles. The first kappa shape index (κ1) is 14.8. The highest BCUT2D eigenvalue weighted by atomic mass is 16.5. The third-order valence-electron chi connectivity index (χ3n) is 4.04. The number of β-amino-alcohol motifs (C(OH)–C–C–N with tert-alkyl or cyclic N) is 1. The molecule has 118 valence electrons. The van der Waals surface area contributed by atoms with Crippen LogP contribution in [0.2, 0.25) is 0 Å². The van der Waals surface area contributed by atoms with Gasteiger partial charge in [0.05, 0.1) is 23.6 Å². The van der Waals surface area contributed by atoms with Crippen molar-refractivity contribution in [3.05, 3.63) is 35.5 Å². The Balaban J connectivity index is 1.65. The minimum atomic E-state index is -0.546. The summed E-state index contributed by atoms with van der Waals surface area (Å²) in [5.74, 6) is 0.627. The van der Waals surface area contributed by atoms with Crippen molar-refractivity contribution in [1.29, 1.82) is 0 Å². The van der Waals surface area contributed by atoms with E-state index in [-0.39, 0.29) is 11.8 Å². The lowest BCUT2D eigenvalue weighted by atomic mass is 10.0. The van der Waals surface area contributed by atoms with Gasteiger partial charge in [0.1, 0.15) is 5.76 Å². The second-order valence-corrected chi connectivity index (χ2v) is 5.76. The average Bonchev–Trinajstić information content (AvgIpc) is 3.20. The molecule has 0 spiro atoms. The maximum atomic E-state index is 12.4. The Morgan fingerprint density at radius 3 is 2.95 bits per heavy atom. The molecular weight excluding hydrogens is 284 g/mol. The van der Waals surface area contributed by atoms with Crippen molar-refractivity contribution < 1.29 is 14.4 Å². The van der Waals surface area contributed by atoms with Crippen LogP contribution in [-0.2, 0) is 13.0 Å². The number of nitrogens with zero attached hydrogens (tertiary/aromatic N) is 4. The van der Waals surface area contributed by atoms with Crippen LogP contribution in [0.25, 0.3) is 0 Å². The summed E-state index contributed by atoms with van der Waals surface area (Å²) in [6, 6.07) is 1.86. The molecule has 22 heavy (non-hydrogen) atoms. The molecular formula is C15H20N4O3. The summed E-state index contributed by atoms with van der Waals surface area (Å²) in [6.07, 6.45) is 3.35. The number of aromatic nitrogens is 3. The lowest BCUT2D eigenvalue weighted by Crippen LogP contribution is -2.29. The first-order chi connectivity index (χ1) is 10.6. The third-order valence-corrected chi connectivity index (χ3v) is 4.04. The van der Waals surface area contributed by atoms with Crippen molar-refractivity contribution in [1.82, 2.24) is 19.8 Å². The topological polar surface area (TPSA) is 84.4 Å². The molecule has 7 heteroatoms. The number of aliphatic hydroxyl groups excluding tert-OH is 1. The van der Waals surface area contributed by atoms with Gasteiger partial charge in [0.15, 0.2) is 0 Å². The SMILES string of the molecule is CCn1cc(C(=O)N2C[C@@H](Cc3cc(C)no3)[C@H](O)C2)cn1. The quantitative estimate of drug-likeness (QED) is 0.906. The van der Waals surface area contributed by atoms with E-state index >= 15 is 0 Å². The predicted molar refractivity (Wildman–Crippen MR) is 78.2 cm³/mol. The number of hydrogen-bond acceptors (Lipinski definition) is 5. The first-order valence-corrected chi connectivity index (χ1v) is 7.48. The molecule has 3 rings (SSSR count). The average molecular weight is 304 g/mol. The smallest absolute Gasteiger partial charge is 0.257 e. The van der Waals surface area contributed by atoms with E-state index < -0.39 is 6.10 Å². The van der Waals surface area contributed by atoms with Gasteiger partial charge < -0.3 is 14.5 Å². The molecule has 1 N–H and O–H groups in total. The molecule has 2 aromatic heterocycles. The van der Waals surface area contributed by atoms with Crippen molar-refractivity contribution in [3.8, 4) is 0 Å². The Labute approximate surface area is 128 Å². The Morgan fingerprint density at radius 2 is 2.32 bits per heavy atom. The van der Waals surface area contributed by atoms with Crippen molar-refractivity contribution in [2.75, 3.05) is 13.1 Å². The Kier molecular flexibility index (Phi) is 3.98. The second-order valence-electron chi connectivity index (χ2n) is 5.76. The van der Waals surface area contributed by atoms with Crippen LogP contribution >= 0.6 is 0 Å². The first-order valence-electron chi connectivity index (χ1n) is 7.48. The highest BCUT2D eigenvalue weighted by molar-refractivity contribution is 5.94. The van der Waals surface area contributed by atoms with E-state index in [1.807, 2.05) is 19.9 Å². The molecule has 7 nitrogen and oxygen atoms in total. The standard InChI is InChI=1S/C15H20N4O3/c1-3-19-8-12(6-16-19)15(21)18-7-11(14(20)9-18)5-13-4-10(2)17-22-13/h4,6,8,11,14,20H,3,5,7,9H2,1-2H3/t11-,14-/m1/s1. The van der Waals surface area contributed by atoms with Gasteiger partial charge in [-0.1, -0.05) is 5.16 Å². The molecule has 1 fully saturated rings. The Hall–Kier alpha value is -2.15. The number of carbonyl (C=O) groups is 1. The van der Waals surface area contributed by atoms with Crippen LogP contribution in [-0.4, -0.2) is 50.0 Å². The van der Waals surface area contributed by atoms with Crippen LogP contribution in [0.15, 0.2) is 23.0 Å². The molecule has 0 aliphatic carbocycles. The Morgan fingerprint density at radius 1 is 1.50 bits per heavy atom. The Bertz CT molecular complexity index is 663. The zero-order valence-corrected chi connectivity index (χ0v) is 12.8. The molecule has 0 unspecified atom stereocenters. The number of carbonyl (C=O) groups excluding carboxylic acids is 1.